The number of hydrogen-bond acceptors (Lipinski definition) is 5. The first-order chi connectivity index (χ1) is 9.95. The number of esters is 1. The van der Waals surface area contributed by atoms with Gasteiger partial charge in [-0.05, 0) is 6.92 Å². The summed E-state index contributed by atoms with van der Waals surface area (Å²) in [4.78, 5) is 35.0. The van der Waals surface area contributed by atoms with Gasteiger partial charge in [0.1, 0.15) is 0 Å². The highest BCUT2D eigenvalue weighted by molar-refractivity contribution is 5.80. The van der Waals surface area contributed by atoms with Gasteiger partial charge in [0.25, 0.3) is 5.69 Å². The first kappa shape index (κ1) is 16.6. The van der Waals surface area contributed by atoms with Crippen molar-refractivity contribution in [1.29, 1.82) is 0 Å². The normalized spacial score (nSPS) is 10.0. The first-order valence-corrected chi connectivity index (χ1v) is 6.57. The van der Waals surface area contributed by atoms with Crippen molar-refractivity contribution in [3.8, 4) is 0 Å². The third-order valence-electron chi connectivity index (χ3n) is 2.91. The minimum absolute atomic E-state index is 0.0729. The summed E-state index contributed by atoms with van der Waals surface area (Å²) in [6.07, 6.45) is 0.0312. The molecule has 7 nitrogen and oxygen atoms in total. The van der Waals surface area contributed by atoms with Crippen LogP contribution >= 0.6 is 0 Å². The summed E-state index contributed by atoms with van der Waals surface area (Å²) in [6, 6.07) is 6.11. The van der Waals surface area contributed by atoms with Crippen molar-refractivity contribution in [3.63, 3.8) is 0 Å². The Balaban J connectivity index is 2.60. The number of rotatable bonds is 7. The molecule has 0 saturated heterocycles. The van der Waals surface area contributed by atoms with E-state index in [1.807, 2.05) is 0 Å². The minimum Gasteiger partial charge on any atom is -0.466 e. The van der Waals surface area contributed by atoms with Crippen LogP contribution in [-0.2, 0) is 20.7 Å². The van der Waals surface area contributed by atoms with Gasteiger partial charge in [-0.1, -0.05) is 18.2 Å². The van der Waals surface area contributed by atoms with E-state index >= 15 is 0 Å². The van der Waals surface area contributed by atoms with Crippen molar-refractivity contribution in [2.24, 2.45) is 0 Å². The van der Waals surface area contributed by atoms with E-state index in [1.165, 1.54) is 11.0 Å². The maximum Gasteiger partial charge on any atom is 0.307 e. The fourth-order valence-corrected chi connectivity index (χ4v) is 1.75. The zero-order valence-electron chi connectivity index (χ0n) is 12.1. The van der Waals surface area contributed by atoms with Gasteiger partial charge in [-0.15, -0.1) is 0 Å². The topological polar surface area (TPSA) is 89.8 Å². The van der Waals surface area contributed by atoms with Gasteiger partial charge in [0, 0.05) is 25.2 Å². The Morgan fingerprint density at radius 3 is 2.62 bits per heavy atom. The van der Waals surface area contributed by atoms with Crippen LogP contribution < -0.4 is 0 Å². The molecule has 0 atom stereocenters. The van der Waals surface area contributed by atoms with Gasteiger partial charge in [-0.25, -0.2) is 0 Å². The molecule has 1 rings (SSSR count). The third-order valence-corrected chi connectivity index (χ3v) is 2.91. The SMILES string of the molecule is CCOC(=O)CCN(C)C(=O)Cc1ccccc1[N+](=O)[O-]. The highest BCUT2D eigenvalue weighted by Gasteiger charge is 2.18. The second kappa shape index (κ2) is 7.98. The summed E-state index contributed by atoms with van der Waals surface area (Å²) < 4.78 is 4.77. The molecule has 0 radical (unpaired) electrons. The van der Waals surface area contributed by atoms with Crippen molar-refractivity contribution in [2.75, 3.05) is 20.2 Å². The number of amides is 1. The second-order valence-corrected chi connectivity index (χ2v) is 4.43. The van der Waals surface area contributed by atoms with Crippen LogP contribution in [0.5, 0.6) is 0 Å². The van der Waals surface area contributed by atoms with Crippen LogP contribution in [0.3, 0.4) is 0 Å². The molecule has 114 valence electrons. The van der Waals surface area contributed by atoms with Gasteiger partial charge in [-0.3, -0.25) is 19.7 Å². The fourth-order valence-electron chi connectivity index (χ4n) is 1.75. The van der Waals surface area contributed by atoms with E-state index in [9.17, 15) is 19.7 Å². The Morgan fingerprint density at radius 1 is 1.33 bits per heavy atom. The molecule has 0 heterocycles. The summed E-state index contributed by atoms with van der Waals surface area (Å²) >= 11 is 0. The lowest BCUT2D eigenvalue weighted by Crippen LogP contribution is -2.30. The van der Waals surface area contributed by atoms with E-state index < -0.39 is 4.92 Å². The monoisotopic (exact) mass is 294 g/mol. The average molecular weight is 294 g/mol. The Kier molecular flexibility index (Phi) is 6.32. The first-order valence-electron chi connectivity index (χ1n) is 6.57. The number of nitro benzene ring substituents is 1. The molecule has 0 saturated carbocycles. The zero-order valence-corrected chi connectivity index (χ0v) is 12.1. The number of para-hydroxylation sites is 1. The van der Waals surface area contributed by atoms with Crippen LogP contribution in [0.25, 0.3) is 0 Å². The van der Waals surface area contributed by atoms with Gasteiger partial charge >= 0.3 is 5.97 Å². The van der Waals surface area contributed by atoms with Crippen molar-refractivity contribution >= 4 is 17.6 Å². The molecule has 21 heavy (non-hydrogen) atoms. The van der Waals surface area contributed by atoms with Crippen LogP contribution in [0.2, 0.25) is 0 Å². The molecule has 0 bridgehead atoms. The molecule has 0 aliphatic carbocycles. The minimum atomic E-state index is -0.513. The van der Waals surface area contributed by atoms with Gasteiger partial charge in [0.15, 0.2) is 0 Å². The molecular weight excluding hydrogens is 276 g/mol. The smallest absolute Gasteiger partial charge is 0.307 e. The van der Waals surface area contributed by atoms with Crippen molar-refractivity contribution in [2.45, 2.75) is 19.8 Å². The summed E-state index contributed by atoms with van der Waals surface area (Å²) in [5.41, 5.74) is 0.278. The number of benzene rings is 1. The molecule has 0 aliphatic rings. The highest BCUT2D eigenvalue weighted by atomic mass is 16.6. The Morgan fingerprint density at radius 2 is 2.00 bits per heavy atom. The van der Waals surface area contributed by atoms with Crippen LogP contribution in [0, 0.1) is 10.1 Å². The lowest BCUT2D eigenvalue weighted by atomic mass is 10.1. The molecule has 1 aromatic carbocycles. The standard InChI is InChI=1S/C14H18N2O5/c1-3-21-14(18)8-9-15(2)13(17)10-11-6-4-5-7-12(11)16(19)20/h4-7H,3,8-10H2,1-2H3. The molecule has 0 spiro atoms. The molecule has 1 amide bonds. The Labute approximate surface area is 122 Å². The number of nitrogens with zero attached hydrogens (tertiary/aromatic N) is 2. The van der Waals surface area contributed by atoms with Gasteiger partial charge < -0.3 is 9.64 Å². The number of nitro groups is 1. The Hall–Kier alpha value is -2.44. The van der Waals surface area contributed by atoms with Crippen molar-refractivity contribution in [1.82, 2.24) is 4.90 Å². The molecular formula is C14H18N2O5. The lowest BCUT2D eigenvalue weighted by Gasteiger charge is -2.16. The largest absolute Gasteiger partial charge is 0.466 e. The molecule has 0 N–H and O–H groups in total. The molecule has 0 fully saturated rings. The van der Waals surface area contributed by atoms with Gasteiger partial charge in [0.05, 0.1) is 24.4 Å². The van der Waals surface area contributed by atoms with E-state index in [4.69, 9.17) is 4.74 Å². The molecule has 0 unspecified atom stereocenters. The average Bonchev–Trinajstić information content (AvgIpc) is 2.45. The van der Waals surface area contributed by atoms with E-state index in [-0.39, 0.29) is 37.0 Å². The van der Waals surface area contributed by atoms with E-state index in [2.05, 4.69) is 0 Å². The van der Waals surface area contributed by atoms with Gasteiger partial charge in [-0.2, -0.15) is 0 Å². The van der Waals surface area contributed by atoms with Crippen LogP contribution in [-0.4, -0.2) is 41.9 Å². The molecule has 1 aromatic rings. The summed E-state index contributed by atoms with van der Waals surface area (Å²) in [6.45, 7) is 2.23. The molecule has 0 aromatic heterocycles. The quantitative estimate of drug-likeness (QED) is 0.432. The predicted molar refractivity (Wildman–Crippen MR) is 75.7 cm³/mol. The van der Waals surface area contributed by atoms with Gasteiger partial charge in [0.2, 0.25) is 5.91 Å². The number of carbonyl (C=O) groups is 2. The number of hydrogen-bond donors (Lipinski definition) is 0. The maximum absolute atomic E-state index is 12.0. The number of ether oxygens (including phenoxy) is 1. The lowest BCUT2D eigenvalue weighted by molar-refractivity contribution is -0.385. The third kappa shape index (κ3) is 5.21. The van der Waals surface area contributed by atoms with Crippen LogP contribution in [0.15, 0.2) is 24.3 Å². The van der Waals surface area contributed by atoms with Crippen molar-refractivity contribution < 1.29 is 19.2 Å². The van der Waals surface area contributed by atoms with E-state index in [0.717, 1.165) is 0 Å². The second-order valence-electron chi connectivity index (χ2n) is 4.43. The summed E-state index contributed by atoms with van der Waals surface area (Å²) in [7, 11) is 1.55. The highest BCUT2D eigenvalue weighted by Crippen LogP contribution is 2.18. The maximum atomic E-state index is 12.0. The zero-order chi connectivity index (χ0) is 15.8. The predicted octanol–water partition coefficient (Wildman–Crippen LogP) is 1.55. The van der Waals surface area contributed by atoms with E-state index in [1.54, 1.807) is 32.2 Å². The molecule has 7 heteroatoms. The van der Waals surface area contributed by atoms with Crippen LogP contribution in [0.4, 0.5) is 5.69 Å². The van der Waals surface area contributed by atoms with Crippen molar-refractivity contribution in [3.05, 3.63) is 39.9 Å². The number of likely N-dealkylation sites (N-methyl/N-ethyl adjacent to an activating group) is 1. The van der Waals surface area contributed by atoms with Crippen LogP contribution in [0.1, 0.15) is 18.9 Å². The number of carbonyl (C=O) groups excluding carboxylic acids is 2. The van der Waals surface area contributed by atoms with E-state index in [0.29, 0.717) is 12.2 Å². The fraction of sp³-hybridized carbons (Fsp3) is 0.429. The summed E-state index contributed by atoms with van der Waals surface area (Å²) in [5.74, 6) is -0.656. The summed E-state index contributed by atoms with van der Waals surface area (Å²) in [5, 5.41) is 10.9. The molecule has 0 aliphatic heterocycles. The Bertz CT molecular complexity index is 530.